The molecule has 0 radical (unpaired) electrons. The molecular weight excluding hydrogens is 261 g/mol. The van der Waals surface area contributed by atoms with Gasteiger partial charge in [-0.05, 0) is 24.6 Å². The second-order valence-corrected chi connectivity index (χ2v) is 5.36. The van der Waals surface area contributed by atoms with E-state index in [1.165, 1.54) is 4.88 Å². The third kappa shape index (κ3) is 2.70. The normalized spacial score (nSPS) is 10.4. The molecule has 1 nitrogen and oxygen atoms in total. The molecule has 0 amide bonds. The summed E-state index contributed by atoms with van der Waals surface area (Å²) >= 11 is 13.6. The van der Waals surface area contributed by atoms with Crippen LogP contribution in [0.3, 0.4) is 0 Å². The lowest BCUT2D eigenvalue weighted by atomic mass is 10.2. The number of aryl methyl sites for hydroxylation is 1. The fourth-order valence-corrected chi connectivity index (χ4v) is 2.78. The molecule has 16 heavy (non-hydrogen) atoms. The Bertz CT molecular complexity index is 473. The van der Waals surface area contributed by atoms with Crippen LogP contribution in [0.25, 0.3) is 0 Å². The molecule has 0 unspecified atom stereocenters. The Hall–Kier alpha value is -0.700. The van der Waals surface area contributed by atoms with Gasteiger partial charge in [0.1, 0.15) is 0 Å². The van der Waals surface area contributed by atoms with Gasteiger partial charge in [0, 0.05) is 16.8 Å². The van der Waals surface area contributed by atoms with E-state index in [0.717, 1.165) is 27.8 Å². The molecule has 1 N–H and O–H groups in total. The number of anilines is 1. The Labute approximate surface area is 109 Å². The average Bonchev–Trinajstić information content (AvgIpc) is 2.63. The summed E-state index contributed by atoms with van der Waals surface area (Å²) in [6, 6.07) is 7.84. The molecule has 0 fully saturated rings. The van der Waals surface area contributed by atoms with Gasteiger partial charge in [0.2, 0.25) is 0 Å². The standard InChI is InChI=1S/C12H11Cl2NS/c1-8-3-2-4-11(14)12(8)15-6-10-5-9(13)7-16-10/h2-5,7,15H,6H2,1H3. The minimum atomic E-state index is 0.752. The number of thiophene rings is 1. The summed E-state index contributed by atoms with van der Waals surface area (Å²) in [6.45, 7) is 2.79. The van der Waals surface area contributed by atoms with Crippen molar-refractivity contribution in [3.05, 3.63) is 50.1 Å². The third-order valence-corrected chi connectivity index (χ3v) is 3.88. The van der Waals surface area contributed by atoms with E-state index in [1.54, 1.807) is 11.3 Å². The summed E-state index contributed by atoms with van der Waals surface area (Å²) in [7, 11) is 0. The highest BCUT2D eigenvalue weighted by atomic mass is 35.5. The molecule has 0 aliphatic carbocycles. The second-order valence-electron chi connectivity index (χ2n) is 3.52. The molecule has 0 aliphatic rings. The van der Waals surface area contributed by atoms with E-state index in [2.05, 4.69) is 5.32 Å². The molecule has 1 aromatic heterocycles. The molecule has 2 rings (SSSR count). The van der Waals surface area contributed by atoms with Crippen LogP contribution in [0.1, 0.15) is 10.4 Å². The van der Waals surface area contributed by atoms with Gasteiger partial charge in [-0.3, -0.25) is 0 Å². The Morgan fingerprint density at radius 2 is 2.12 bits per heavy atom. The molecule has 0 saturated carbocycles. The van der Waals surface area contributed by atoms with Crippen LogP contribution in [0.15, 0.2) is 29.6 Å². The van der Waals surface area contributed by atoms with Crippen molar-refractivity contribution in [3.63, 3.8) is 0 Å². The Kier molecular flexibility index (Phi) is 3.74. The first kappa shape index (κ1) is 11.8. The fraction of sp³-hybridized carbons (Fsp3) is 0.167. The first-order valence-electron chi connectivity index (χ1n) is 4.88. The predicted octanol–water partition coefficient (Wildman–Crippen LogP) is 4.98. The zero-order chi connectivity index (χ0) is 11.5. The van der Waals surface area contributed by atoms with Crippen molar-refractivity contribution >= 4 is 40.2 Å². The summed E-state index contributed by atoms with van der Waals surface area (Å²) < 4.78 is 0. The van der Waals surface area contributed by atoms with Gasteiger partial charge in [-0.15, -0.1) is 11.3 Å². The van der Waals surface area contributed by atoms with E-state index < -0.39 is 0 Å². The van der Waals surface area contributed by atoms with Crippen molar-refractivity contribution in [1.29, 1.82) is 0 Å². The van der Waals surface area contributed by atoms with Gasteiger partial charge in [0.15, 0.2) is 0 Å². The van der Waals surface area contributed by atoms with E-state index in [0.29, 0.717) is 0 Å². The number of rotatable bonds is 3. The molecule has 0 atom stereocenters. The van der Waals surface area contributed by atoms with Crippen molar-refractivity contribution < 1.29 is 0 Å². The van der Waals surface area contributed by atoms with Crippen molar-refractivity contribution in [2.45, 2.75) is 13.5 Å². The van der Waals surface area contributed by atoms with E-state index in [4.69, 9.17) is 23.2 Å². The minimum Gasteiger partial charge on any atom is -0.379 e. The van der Waals surface area contributed by atoms with Crippen molar-refractivity contribution in [3.8, 4) is 0 Å². The summed E-state index contributed by atoms with van der Waals surface area (Å²) in [6.07, 6.45) is 0. The van der Waals surface area contributed by atoms with E-state index in [9.17, 15) is 0 Å². The summed E-state index contributed by atoms with van der Waals surface area (Å²) in [5.41, 5.74) is 2.14. The summed E-state index contributed by atoms with van der Waals surface area (Å²) in [5.74, 6) is 0. The highest BCUT2D eigenvalue weighted by Crippen LogP contribution is 2.27. The number of hydrogen-bond donors (Lipinski definition) is 1. The van der Waals surface area contributed by atoms with E-state index in [1.807, 2.05) is 36.6 Å². The Morgan fingerprint density at radius 3 is 2.75 bits per heavy atom. The van der Waals surface area contributed by atoms with Crippen LogP contribution in [0.4, 0.5) is 5.69 Å². The van der Waals surface area contributed by atoms with Crippen LogP contribution in [0.2, 0.25) is 10.0 Å². The molecule has 84 valence electrons. The number of para-hydroxylation sites is 1. The van der Waals surface area contributed by atoms with Crippen LogP contribution < -0.4 is 5.32 Å². The van der Waals surface area contributed by atoms with Crippen LogP contribution in [0.5, 0.6) is 0 Å². The van der Waals surface area contributed by atoms with Crippen LogP contribution >= 0.6 is 34.5 Å². The maximum absolute atomic E-state index is 6.12. The summed E-state index contributed by atoms with van der Waals surface area (Å²) in [4.78, 5) is 1.20. The van der Waals surface area contributed by atoms with Gasteiger partial charge in [0.25, 0.3) is 0 Å². The van der Waals surface area contributed by atoms with Gasteiger partial charge < -0.3 is 5.32 Å². The molecule has 0 bridgehead atoms. The van der Waals surface area contributed by atoms with Crippen LogP contribution in [-0.4, -0.2) is 0 Å². The SMILES string of the molecule is Cc1cccc(Cl)c1NCc1cc(Cl)cs1. The van der Waals surface area contributed by atoms with Crippen LogP contribution in [0, 0.1) is 6.92 Å². The van der Waals surface area contributed by atoms with Gasteiger partial charge in [0.05, 0.1) is 15.7 Å². The maximum Gasteiger partial charge on any atom is 0.0640 e. The number of nitrogens with one attached hydrogen (secondary N) is 1. The molecule has 1 aromatic carbocycles. The lowest BCUT2D eigenvalue weighted by molar-refractivity contribution is 1.18. The highest BCUT2D eigenvalue weighted by Gasteiger charge is 2.04. The van der Waals surface area contributed by atoms with E-state index >= 15 is 0 Å². The molecule has 4 heteroatoms. The van der Waals surface area contributed by atoms with Gasteiger partial charge >= 0.3 is 0 Å². The van der Waals surface area contributed by atoms with Gasteiger partial charge in [-0.1, -0.05) is 35.3 Å². The highest BCUT2D eigenvalue weighted by molar-refractivity contribution is 7.10. The minimum absolute atomic E-state index is 0.752. The van der Waals surface area contributed by atoms with Gasteiger partial charge in [-0.2, -0.15) is 0 Å². The topological polar surface area (TPSA) is 12.0 Å². The zero-order valence-corrected chi connectivity index (χ0v) is 11.1. The Balaban J connectivity index is 2.10. The first-order valence-corrected chi connectivity index (χ1v) is 6.52. The van der Waals surface area contributed by atoms with Crippen molar-refractivity contribution in [1.82, 2.24) is 0 Å². The maximum atomic E-state index is 6.12. The monoisotopic (exact) mass is 271 g/mol. The van der Waals surface area contributed by atoms with Crippen LogP contribution in [-0.2, 0) is 6.54 Å². The quantitative estimate of drug-likeness (QED) is 0.831. The fourth-order valence-electron chi connectivity index (χ4n) is 1.48. The number of halogens is 2. The molecule has 2 aromatic rings. The first-order chi connectivity index (χ1) is 7.66. The van der Waals surface area contributed by atoms with Gasteiger partial charge in [-0.25, -0.2) is 0 Å². The summed E-state index contributed by atoms with van der Waals surface area (Å²) in [5, 5.41) is 6.80. The van der Waals surface area contributed by atoms with Crippen molar-refractivity contribution in [2.24, 2.45) is 0 Å². The molecule has 0 spiro atoms. The number of hydrogen-bond acceptors (Lipinski definition) is 2. The average molecular weight is 272 g/mol. The lowest BCUT2D eigenvalue weighted by Crippen LogP contribution is -1.99. The van der Waals surface area contributed by atoms with Crippen molar-refractivity contribution in [2.75, 3.05) is 5.32 Å². The lowest BCUT2D eigenvalue weighted by Gasteiger charge is -2.10. The van der Waals surface area contributed by atoms with E-state index in [-0.39, 0.29) is 0 Å². The number of benzene rings is 1. The molecular formula is C12H11Cl2NS. The molecule has 0 saturated heterocycles. The second kappa shape index (κ2) is 5.09. The third-order valence-electron chi connectivity index (χ3n) is 2.28. The smallest absolute Gasteiger partial charge is 0.0640 e. The molecule has 0 aliphatic heterocycles. The largest absolute Gasteiger partial charge is 0.379 e. The zero-order valence-electron chi connectivity index (χ0n) is 8.76. The Morgan fingerprint density at radius 1 is 1.31 bits per heavy atom. The predicted molar refractivity (Wildman–Crippen MR) is 72.8 cm³/mol. The molecule has 1 heterocycles.